The van der Waals surface area contributed by atoms with Gasteiger partial charge in [-0.05, 0) is 20.3 Å². The van der Waals surface area contributed by atoms with Gasteiger partial charge in [0.05, 0.1) is 25.9 Å². The van der Waals surface area contributed by atoms with E-state index < -0.39 is 30.3 Å². The second-order valence-corrected chi connectivity index (χ2v) is 6.80. The van der Waals surface area contributed by atoms with Gasteiger partial charge in [-0.1, -0.05) is 0 Å². The van der Waals surface area contributed by atoms with Crippen molar-refractivity contribution < 1.29 is 27.4 Å². The number of rotatable bonds is 4. The molecule has 0 bridgehead atoms. The Morgan fingerprint density at radius 3 is 2.79 bits per heavy atom. The van der Waals surface area contributed by atoms with Crippen molar-refractivity contribution in [2.75, 3.05) is 42.7 Å². The molecule has 0 unspecified atom stereocenters. The van der Waals surface area contributed by atoms with Gasteiger partial charge in [-0.15, -0.1) is 0 Å². The van der Waals surface area contributed by atoms with Gasteiger partial charge in [0.25, 0.3) is 5.56 Å². The molecule has 3 heterocycles. The third-order valence-electron chi connectivity index (χ3n) is 4.88. The van der Waals surface area contributed by atoms with E-state index in [1.165, 1.54) is 10.6 Å². The minimum atomic E-state index is -4.57. The van der Waals surface area contributed by atoms with Gasteiger partial charge < -0.3 is 19.3 Å². The quantitative estimate of drug-likeness (QED) is 0.698. The molecular weight excluding hydrogens is 381 g/mol. The summed E-state index contributed by atoms with van der Waals surface area (Å²) in [7, 11) is 0. The third-order valence-corrected chi connectivity index (χ3v) is 4.88. The number of halogens is 3. The van der Waals surface area contributed by atoms with Crippen molar-refractivity contribution in [3.05, 3.63) is 16.4 Å². The number of nitrogens with zero attached hydrogens (tertiary/aromatic N) is 4. The smallest absolute Gasteiger partial charge is 0.408 e. The number of carbonyl (C=O) groups excluding carboxylic acids is 1. The van der Waals surface area contributed by atoms with Crippen LogP contribution in [-0.4, -0.2) is 66.7 Å². The summed E-state index contributed by atoms with van der Waals surface area (Å²) in [4.78, 5) is 31.5. The van der Waals surface area contributed by atoms with Crippen molar-refractivity contribution in [2.45, 2.75) is 45.1 Å². The van der Waals surface area contributed by atoms with Crippen LogP contribution in [0.5, 0.6) is 0 Å². The molecule has 0 spiro atoms. The van der Waals surface area contributed by atoms with Crippen LogP contribution in [0.15, 0.2) is 10.9 Å². The maximum absolute atomic E-state index is 13.6. The van der Waals surface area contributed by atoms with Gasteiger partial charge >= 0.3 is 12.1 Å². The zero-order valence-corrected chi connectivity index (χ0v) is 15.7. The van der Waals surface area contributed by atoms with Gasteiger partial charge in [-0.2, -0.15) is 18.2 Å². The molecule has 1 fully saturated rings. The van der Waals surface area contributed by atoms with Crippen molar-refractivity contribution in [2.24, 2.45) is 0 Å². The van der Waals surface area contributed by atoms with E-state index in [4.69, 9.17) is 9.47 Å². The van der Waals surface area contributed by atoms with Crippen LogP contribution >= 0.6 is 0 Å². The normalized spacial score (nSPS) is 22.8. The standard InChI is InChI=1S/C17H23F3N4O4/c1-3-28-15(26)9-24-12(17(18,19)20)4-5-23-14(25)8-13(21-16(23)24)22-6-7-27-10-11(22)2/h8,11-12H,3-7,9-10H2,1-2H3/t11-,12+/m1/s1. The van der Waals surface area contributed by atoms with Gasteiger partial charge in [0.15, 0.2) is 0 Å². The molecule has 2 aliphatic rings. The number of alkyl halides is 3. The van der Waals surface area contributed by atoms with Crippen molar-refractivity contribution in [3.8, 4) is 0 Å². The van der Waals surface area contributed by atoms with E-state index in [0.717, 1.165) is 4.90 Å². The van der Waals surface area contributed by atoms with E-state index >= 15 is 0 Å². The second kappa shape index (κ2) is 7.98. The molecule has 1 aromatic rings. The van der Waals surface area contributed by atoms with Crippen LogP contribution in [0, 0.1) is 0 Å². The lowest BCUT2D eigenvalue weighted by Crippen LogP contribution is -2.54. The van der Waals surface area contributed by atoms with Crippen molar-refractivity contribution in [3.63, 3.8) is 0 Å². The van der Waals surface area contributed by atoms with Crippen molar-refractivity contribution >= 4 is 17.7 Å². The molecule has 8 nitrogen and oxygen atoms in total. The van der Waals surface area contributed by atoms with Gasteiger partial charge in [0.2, 0.25) is 5.95 Å². The SMILES string of the molecule is CCOC(=O)CN1c2nc(N3CCOC[C@H]3C)cc(=O)n2CC[C@H]1C(F)(F)F. The number of esters is 1. The van der Waals surface area contributed by atoms with E-state index in [0.29, 0.717) is 19.8 Å². The average molecular weight is 404 g/mol. The van der Waals surface area contributed by atoms with Crippen LogP contribution in [0.2, 0.25) is 0 Å². The number of anilines is 2. The highest BCUT2D eigenvalue weighted by Gasteiger charge is 2.47. The molecule has 1 aromatic heterocycles. The predicted molar refractivity (Wildman–Crippen MR) is 94.6 cm³/mol. The molecule has 28 heavy (non-hydrogen) atoms. The first kappa shape index (κ1) is 20.4. The lowest BCUT2D eigenvalue weighted by Gasteiger charge is -2.39. The van der Waals surface area contributed by atoms with E-state index in [2.05, 4.69) is 4.98 Å². The zero-order chi connectivity index (χ0) is 20.5. The Labute approximate surface area is 159 Å². The predicted octanol–water partition coefficient (Wildman–Crippen LogP) is 1.17. The number of ether oxygens (including phenoxy) is 2. The summed E-state index contributed by atoms with van der Waals surface area (Å²) in [6, 6.07) is -0.674. The molecule has 0 N–H and O–H groups in total. The lowest BCUT2D eigenvalue weighted by molar-refractivity contribution is -0.155. The number of morpholine rings is 1. The van der Waals surface area contributed by atoms with Crippen LogP contribution in [-0.2, 0) is 20.8 Å². The van der Waals surface area contributed by atoms with Gasteiger partial charge in [0, 0.05) is 19.2 Å². The largest absolute Gasteiger partial charge is 0.465 e. The maximum atomic E-state index is 13.6. The Morgan fingerprint density at radius 1 is 1.39 bits per heavy atom. The Morgan fingerprint density at radius 2 is 2.14 bits per heavy atom. The minimum absolute atomic E-state index is 0.0505. The Bertz CT molecular complexity index is 783. The van der Waals surface area contributed by atoms with E-state index in [-0.39, 0.29) is 37.4 Å². The zero-order valence-electron chi connectivity index (χ0n) is 15.7. The Hall–Kier alpha value is -2.30. The molecule has 0 saturated carbocycles. The fourth-order valence-electron chi connectivity index (χ4n) is 3.54. The number of carbonyl (C=O) groups is 1. The van der Waals surface area contributed by atoms with Crippen LogP contribution in [0.4, 0.5) is 24.9 Å². The van der Waals surface area contributed by atoms with Crippen LogP contribution < -0.4 is 15.4 Å². The first-order chi connectivity index (χ1) is 13.2. The molecule has 0 radical (unpaired) electrons. The molecule has 3 rings (SSSR count). The molecule has 156 valence electrons. The number of aromatic nitrogens is 2. The van der Waals surface area contributed by atoms with Gasteiger partial charge in [0.1, 0.15) is 18.4 Å². The van der Waals surface area contributed by atoms with Crippen LogP contribution in [0.25, 0.3) is 0 Å². The number of hydrogen-bond donors (Lipinski definition) is 0. The highest BCUT2D eigenvalue weighted by atomic mass is 19.4. The number of fused-ring (bicyclic) bond motifs is 1. The molecule has 0 aliphatic carbocycles. The monoisotopic (exact) mass is 404 g/mol. The summed E-state index contributed by atoms with van der Waals surface area (Å²) in [6.45, 7) is 4.08. The maximum Gasteiger partial charge on any atom is 0.408 e. The molecule has 11 heteroatoms. The third kappa shape index (κ3) is 4.08. The molecule has 0 aromatic carbocycles. The van der Waals surface area contributed by atoms with Gasteiger partial charge in [-0.25, -0.2) is 0 Å². The first-order valence-electron chi connectivity index (χ1n) is 9.17. The first-order valence-corrected chi connectivity index (χ1v) is 9.17. The minimum Gasteiger partial charge on any atom is -0.465 e. The van der Waals surface area contributed by atoms with E-state index in [1.807, 2.05) is 11.8 Å². The fourth-order valence-corrected chi connectivity index (χ4v) is 3.54. The summed E-state index contributed by atoms with van der Waals surface area (Å²) in [5, 5.41) is 0. The van der Waals surface area contributed by atoms with Crippen molar-refractivity contribution in [1.82, 2.24) is 9.55 Å². The van der Waals surface area contributed by atoms with E-state index in [9.17, 15) is 22.8 Å². The Balaban J connectivity index is 2.04. The molecule has 2 aliphatic heterocycles. The average Bonchev–Trinajstić information content (AvgIpc) is 2.61. The summed E-state index contributed by atoms with van der Waals surface area (Å²) >= 11 is 0. The molecule has 2 atom stereocenters. The van der Waals surface area contributed by atoms with Gasteiger partial charge in [-0.3, -0.25) is 14.2 Å². The second-order valence-electron chi connectivity index (χ2n) is 6.80. The fraction of sp³-hybridized carbons (Fsp3) is 0.706. The Kier molecular flexibility index (Phi) is 5.82. The highest BCUT2D eigenvalue weighted by Crippen LogP contribution is 2.34. The molecule has 0 amide bonds. The number of hydrogen-bond acceptors (Lipinski definition) is 7. The summed E-state index contributed by atoms with van der Waals surface area (Å²) in [5.74, 6) is -0.684. The summed E-state index contributed by atoms with van der Waals surface area (Å²) < 4.78 is 52.2. The highest BCUT2D eigenvalue weighted by molar-refractivity contribution is 5.75. The van der Waals surface area contributed by atoms with Crippen LogP contribution in [0.1, 0.15) is 20.3 Å². The summed E-state index contributed by atoms with van der Waals surface area (Å²) in [6.07, 6.45) is -4.91. The van der Waals surface area contributed by atoms with E-state index in [1.54, 1.807) is 6.92 Å². The lowest BCUT2D eigenvalue weighted by atomic mass is 10.1. The molecular formula is C17H23F3N4O4. The molecule has 1 saturated heterocycles. The van der Waals surface area contributed by atoms with Crippen molar-refractivity contribution in [1.29, 1.82) is 0 Å². The summed E-state index contributed by atoms with van der Waals surface area (Å²) in [5.41, 5.74) is -0.451. The van der Waals surface area contributed by atoms with Crippen LogP contribution in [0.3, 0.4) is 0 Å². The topological polar surface area (TPSA) is 76.9 Å².